The van der Waals surface area contributed by atoms with Gasteiger partial charge < -0.3 is 29.4 Å². The lowest BCUT2D eigenvalue weighted by molar-refractivity contribution is -0.117. The first kappa shape index (κ1) is 21.2. The number of anilines is 2. The van der Waals surface area contributed by atoms with Crippen molar-refractivity contribution >= 4 is 23.3 Å². The number of aromatic nitrogens is 2. The summed E-state index contributed by atoms with van der Waals surface area (Å²) in [6, 6.07) is 10.4. The smallest absolute Gasteiger partial charge is 0.255 e. The predicted molar refractivity (Wildman–Crippen MR) is 119 cm³/mol. The lowest BCUT2D eigenvalue weighted by Crippen LogP contribution is -2.13. The van der Waals surface area contributed by atoms with E-state index in [1.165, 1.54) is 21.3 Å². The van der Waals surface area contributed by atoms with Gasteiger partial charge in [0, 0.05) is 35.0 Å². The average Bonchev–Trinajstić information content (AvgIpc) is 3.57. The van der Waals surface area contributed by atoms with E-state index in [1.807, 2.05) is 0 Å². The van der Waals surface area contributed by atoms with Crippen molar-refractivity contribution in [3.8, 4) is 22.9 Å². The minimum atomic E-state index is -0.283. The molecule has 0 saturated heterocycles. The Bertz CT molecular complexity index is 1110. The number of ether oxygens (including phenoxy) is 3. The highest BCUT2D eigenvalue weighted by Gasteiger charge is 2.29. The summed E-state index contributed by atoms with van der Waals surface area (Å²) in [7, 11) is 4.55. The molecule has 1 fully saturated rings. The second-order valence-corrected chi connectivity index (χ2v) is 7.34. The highest BCUT2D eigenvalue weighted by molar-refractivity contribution is 6.04. The van der Waals surface area contributed by atoms with Crippen LogP contribution in [0, 0.1) is 5.92 Å². The van der Waals surface area contributed by atoms with Gasteiger partial charge in [0.2, 0.25) is 11.7 Å². The lowest BCUT2D eigenvalue weighted by Gasteiger charge is -2.14. The Kier molecular flexibility index (Phi) is 5.98. The van der Waals surface area contributed by atoms with Crippen LogP contribution < -0.4 is 24.8 Å². The molecule has 9 heteroatoms. The maximum Gasteiger partial charge on any atom is 0.255 e. The second-order valence-electron chi connectivity index (χ2n) is 7.34. The minimum absolute atomic E-state index is 0.00839. The van der Waals surface area contributed by atoms with Crippen LogP contribution in [0.4, 0.5) is 11.5 Å². The summed E-state index contributed by atoms with van der Waals surface area (Å²) >= 11 is 0. The molecule has 2 amide bonds. The summed E-state index contributed by atoms with van der Waals surface area (Å²) in [6.07, 6.45) is 5.23. The molecule has 1 aliphatic carbocycles. The zero-order valence-corrected chi connectivity index (χ0v) is 18.0. The van der Waals surface area contributed by atoms with E-state index in [-0.39, 0.29) is 17.7 Å². The van der Waals surface area contributed by atoms with Gasteiger partial charge in [0.05, 0.1) is 27.5 Å². The van der Waals surface area contributed by atoms with Crippen LogP contribution >= 0.6 is 0 Å². The molecule has 0 unspecified atom stereocenters. The van der Waals surface area contributed by atoms with Crippen molar-refractivity contribution in [2.45, 2.75) is 12.8 Å². The highest BCUT2D eigenvalue weighted by atomic mass is 16.5. The second kappa shape index (κ2) is 9.01. The van der Waals surface area contributed by atoms with Crippen molar-refractivity contribution in [1.29, 1.82) is 0 Å². The fourth-order valence-corrected chi connectivity index (χ4v) is 3.24. The zero-order chi connectivity index (χ0) is 22.7. The number of imidazole rings is 1. The number of carbonyl (C=O) groups excluding carboxylic acids is 2. The lowest BCUT2D eigenvalue weighted by atomic mass is 10.1. The van der Waals surface area contributed by atoms with E-state index in [1.54, 1.807) is 53.5 Å². The molecule has 0 spiro atoms. The van der Waals surface area contributed by atoms with Gasteiger partial charge in [-0.25, -0.2) is 4.98 Å². The fraction of sp³-hybridized carbons (Fsp3) is 0.261. The number of hydrogen-bond donors (Lipinski definition) is 2. The molecule has 32 heavy (non-hydrogen) atoms. The summed E-state index contributed by atoms with van der Waals surface area (Å²) in [5, 5.41) is 5.65. The molecular weight excluding hydrogens is 412 g/mol. The van der Waals surface area contributed by atoms with Crippen molar-refractivity contribution in [1.82, 2.24) is 9.55 Å². The Hall–Kier alpha value is -4.01. The number of methoxy groups -OCH3 is 3. The van der Waals surface area contributed by atoms with Gasteiger partial charge in [0.15, 0.2) is 17.3 Å². The highest BCUT2D eigenvalue weighted by Crippen LogP contribution is 2.40. The molecule has 1 aromatic heterocycles. The first-order chi connectivity index (χ1) is 15.5. The van der Waals surface area contributed by atoms with Crippen LogP contribution in [-0.2, 0) is 4.79 Å². The van der Waals surface area contributed by atoms with Crippen molar-refractivity contribution in [2.24, 2.45) is 5.92 Å². The van der Waals surface area contributed by atoms with Gasteiger partial charge in [-0.3, -0.25) is 9.59 Å². The van der Waals surface area contributed by atoms with Crippen LogP contribution in [0.5, 0.6) is 17.2 Å². The van der Waals surface area contributed by atoms with Crippen molar-refractivity contribution in [3.05, 3.63) is 54.5 Å². The molecule has 3 aromatic rings. The maximum atomic E-state index is 12.7. The van der Waals surface area contributed by atoms with E-state index in [2.05, 4.69) is 15.6 Å². The van der Waals surface area contributed by atoms with Gasteiger partial charge in [0.1, 0.15) is 6.33 Å². The number of nitrogens with zero attached hydrogens (tertiary/aromatic N) is 2. The first-order valence-corrected chi connectivity index (χ1v) is 10.1. The van der Waals surface area contributed by atoms with E-state index in [4.69, 9.17) is 14.2 Å². The minimum Gasteiger partial charge on any atom is -0.493 e. The van der Waals surface area contributed by atoms with Crippen LogP contribution in [0.2, 0.25) is 0 Å². The number of nitrogens with one attached hydrogen (secondary N) is 2. The molecule has 2 aromatic carbocycles. The molecule has 1 aliphatic rings. The van der Waals surface area contributed by atoms with Crippen LogP contribution in [0.3, 0.4) is 0 Å². The van der Waals surface area contributed by atoms with Gasteiger partial charge in [-0.05, 0) is 37.1 Å². The Morgan fingerprint density at radius 3 is 2.19 bits per heavy atom. The first-order valence-electron chi connectivity index (χ1n) is 10.1. The van der Waals surface area contributed by atoms with E-state index < -0.39 is 0 Å². The van der Waals surface area contributed by atoms with Gasteiger partial charge in [-0.15, -0.1) is 0 Å². The number of rotatable bonds is 8. The van der Waals surface area contributed by atoms with Gasteiger partial charge in [-0.2, -0.15) is 0 Å². The third-order valence-corrected chi connectivity index (χ3v) is 5.13. The van der Waals surface area contributed by atoms with Crippen molar-refractivity contribution < 1.29 is 23.8 Å². The Morgan fingerprint density at radius 2 is 1.62 bits per heavy atom. The molecule has 166 valence electrons. The average molecular weight is 436 g/mol. The zero-order valence-electron chi connectivity index (χ0n) is 18.0. The van der Waals surface area contributed by atoms with Crippen LogP contribution in [0.25, 0.3) is 5.69 Å². The number of hydrogen-bond acceptors (Lipinski definition) is 6. The monoisotopic (exact) mass is 436 g/mol. The summed E-state index contributed by atoms with van der Waals surface area (Å²) in [6.45, 7) is 0. The molecule has 9 nitrogen and oxygen atoms in total. The van der Waals surface area contributed by atoms with Gasteiger partial charge in [0.25, 0.3) is 5.91 Å². The predicted octanol–water partition coefficient (Wildman–Crippen LogP) is 3.50. The molecule has 4 rings (SSSR count). The molecule has 0 atom stereocenters. The summed E-state index contributed by atoms with van der Waals surface area (Å²) in [5.41, 5.74) is 1.80. The molecule has 0 aliphatic heterocycles. The van der Waals surface area contributed by atoms with Crippen LogP contribution in [0.1, 0.15) is 23.2 Å². The number of amides is 2. The topological polar surface area (TPSA) is 104 Å². The Morgan fingerprint density at radius 1 is 0.969 bits per heavy atom. The SMILES string of the molecule is COc1cc(NC(=O)c2ccc(-n3cnc(NC(=O)C4CC4)c3)cc2)cc(OC)c1OC. The van der Waals surface area contributed by atoms with Crippen LogP contribution in [-0.4, -0.2) is 42.7 Å². The fourth-order valence-electron chi connectivity index (χ4n) is 3.24. The molecule has 0 radical (unpaired) electrons. The molecule has 2 N–H and O–H groups in total. The van der Waals surface area contributed by atoms with Crippen LogP contribution in [0.15, 0.2) is 48.9 Å². The van der Waals surface area contributed by atoms with E-state index in [9.17, 15) is 9.59 Å². The van der Waals surface area contributed by atoms with Crippen molar-refractivity contribution in [2.75, 3.05) is 32.0 Å². The number of carbonyl (C=O) groups is 2. The summed E-state index contributed by atoms with van der Waals surface area (Å²) < 4.78 is 17.7. The van der Waals surface area contributed by atoms with Crippen molar-refractivity contribution in [3.63, 3.8) is 0 Å². The normalized spacial score (nSPS) is 12.7. The molecule has 1 saturated carbocycles. The Balaban J connectivity index is 1.46. The van der Waals surface area contributed by atoms with Gasteiger partial charge >= 0.3 is 0 Å². The van der Waals surface area contributed by atoms with Gasteiger partial charge in [-0.1, -0.05) is 0 Å². The third-order valence-electron chi connectivity index (χ3n) is 5.13. The quantitative estimate of drug-likeness (QED) is 0.560. The van der Waals surface area contributed by atoms with E-state index in [0.29, 0.717) is 34.3 Å². The molecule has 0 bridgehead atoms. The third kappa shape index (κ3) is 4.51. The summed E-state index contributed by atoms with van der Waals surface area (Å²) in [4.78, 5) is 28.8. The standard InChI is InChI=1S/C23H24N4O5/c1-30-18-10-16(11-19(31-2)21(18)32-3)25-22(28)15-6-8-17(9-7-15)27-12-20(24-13-27)26-23(29)14-4-5-14/h6-14H,4-5H2,1-3H3,(H,25,28)(H,26,29). The number of benzene rings is 2. The molecule has 1 heterocycles. The van der Waals surface area contributed by atoms with E-state index >= 15 is 0 Å². The van der Waals surface area contributed by atoms with E-state index in [0.717, 1.165) is 18.5 Å². The maximum absolute atomic E-state index is 12.7. The largest absolute Gasteiger partial charge is 0.493 e. The summed E-state index contributed by atoms with van der Waals surface area (Å²) in [5.74, 6) is 1.69. The molecular formula is C23H24N4O5. The Labute approximate surface area is 185 Å².